The van der Waals surface area contributed by atoms with E-state index in [0.717, 1.165) is 12.0 Å². The number of hydrogen-bond donors (Lipinski definition) is 2. The molecule has 4 nitrogen and oxygen atoms in total. The van der Waals surface area contributed by atoms with Crippen LogP contribution in [0.25, 0.3) is 0 Å². The van der Waals surface area contributed by atoms with E-state index in [1.807, 2.05) is 6.07 Å². The molecule has 0 fully saturated rings. The van der Waals surface area contributed by atoms with Crippen molar-refractivity contribution in [2.75, 3.05) is 6.54 Å². The highest BCUT2D eigenvalue weighted by Crippen LogP contribution is 2.21. The molecule has 0 bridgehead atoms. The Morgan fingerprint density at radius 2 is 2.10 bits per heavy atom. The van der Waals surface area contributed by atoms with Gasteiger partial charge in [-0.3, -0.25) is 0 Å². The van der Waals surface area contributed by atoms with Crippen LogP contribution in [0.3, 0.4) is 0 Å². The van der Waals surface area contributed by atoms with Gasteiger partial charge >= 0.3 is 5.97 Å². The summed E-state index contributed by atoms with van der Waals surface area (Å²) in [6.07, 6.45) is 0.751. The molecule has 6 heteroatoms. The van der Waals surface area contributed by atoms with Crippen molar-refractivity contribution in [3.05, 3.63) is 57.0 Å². The normalized spacial score (nSPS) is 10.8. The molecule has 1 aromatic carbocycles. The standard InChI is InChI=1S/C15H15Cl2NO3/c1-9-13(15(19)20)7-12(21-9)8-18-5-4-10-2-3-11(16)6-14(10)17/h2-3,6-7,18H,4-5,8H2,1H3,(H,19,20). The van der Waals surface area contributed by atoms with Gasteiger partial charge in [0.2, 0.25) is 0 Å². The minimum Gasteiger partial charge on any atom is -0.478 e. The Morgan fingerprint density at radius 1 is 1.33 bits per heavy atom. The van der Waals surface area contributed by atoms with E-state index in [0.29, 0.717) is 34.7 Å². The summed E-state index contributed by atoms with van der Waals surface area (Å²) in [4.78, 5) is 10.9. The fraction of sp³-hybridized carbons (Fsp3) is 0.267. The SMILES string of the molecule is Cc1oc(CNCCc2ccc(Cl)cc2Cl)cc1C(=O)O. The smallest absolute Gasteiger partial charge is 0.339 e. The number of aryl methyl sites for hydroxylation is 1. The number of rotatable bonds is 6. The summed E-state index contributed by atoms with van der Waals surface area (Å²) in [6.45, 7) is 2.81. The molecular formula is C15H15Cl2NO3. The second kappa shape index (κ2) is 6.98. The van der Waals surface area contributed by atoms with Gasteiger partial charge in [-0.1, -0.05) is 29.3 Å². The number of carboxylic acids is 1. The molecule has 0 unspecified atom stereocenters. The zero-order valence-electron chi connectivity index (χ0n) is 11.5. The molecule has 0 saturated heterocycles. The molecule has 0 aliphatic heterocycles. The van der Waals surface area contributed by atoms with Gasteiger partial charge in [0.05, 0.1) is 6.54 Å². The first-order valence-corrected chi connectivity index (χ1v) is 7.20. The third kappa shape index (κ3) is 4.24. The molecule has 0 amide bonds. The molecule has 1 aromatic heterocycles. The summed E-state index contributed by atoms with van der Waals surface area (Å²) in [5.41, 5.74) is 1.21. The van der Waals surface area contributed by atoms with Gasteiger partial charge < -0.3 is 14.8 Å². The Labute approximate surface area is 132 Å². The molecule has 0 aliphatic rings. The fourth-order valence-corrected chi connectivity index (χ4v) is 2.51. The van der Waals surface area contributed by atoms with E-state index < -0.39 is 5.97 Å². The molecule has 0 spiro atoms. The van der Waals surface area contributed by atoms with Gasteiger partial charge in [0.25, 0.3) is 0 Å². The van der Waals surface area contributed by atoms with Crippen LogP contribution in [0.5, 0.6) is 0 Å². The molecule has 1 heterocycles. The number of benzene rings is 1. The summed E-state index contributed by atoms with van der Waals surface area (Å²) < 4.78 is 5.38. The third-order valence-electron chi connectivity index (χ3n) is 3.08. The van der Waals surface area contributed by atoms with Crippen molar-refractivity contribution in [1.82, 2.24) is 5.32 Å². The van der Waals surface area contributed by atoms with Crippen LogP contribution in [0, 0.1) is 6.92 Å². The number of carboxylic acid groups (broad SMARTS) is 1. The lowest BCUT2D eigenvalue weighted by atomic mass is 10.1. The summed E-state index contributed by atoms with van der Waals surface area (Å²) in [7, 11) is 0. The zero-order chi connectivity index (χ0) is 15.4. The van der Waals surface area contributed by atoms with E-state index in [2.05, 4.69) is 5.32 Å². The van der Waals surface area contributed by atoms with Crippen LogP contribution in [-0.2, 0) is 13.0 Å². The van der Waals surface area contributed by atoms with Gasteiger partial charge in [0.1, 0.15) is 17.1 Å². The lowest BCUT2D eigenvalue weighted by Gasteiger charge is -2.05. The highest BCUT2D eigenvalue weighted by molar-refractivity contribution is 6.35. The maximum absolute atomic E-state index is 10.9. The van der Waals surface area contributed by atoms with Crippen LogP contribution >= 0.6 is 23.2 Å². The van der Waals surface area contributed by atoms with Gasteiger partial charge in [0, 0.05) is 10.0 Å². The second-order valence-corrected chi connectivity index (χ2v) is 5.49. The van der Waals surface area contributed by atoms with Crippen molar-refractivity contribution < 1.29 is 14.3 Å². The number of furan rings is 1. The summed E-state index contributed by atoms with van der Waals surface area (Å²) >= 11 is 11.9. The molecule has 21 heavy (non-hydrogen) atoms. The van der Waals surface area contributed by atoms with Gasteiger partial charge in [-0.05, 0) is 43.7 Å². The van der Waals surface area contributed by atoms with Crippen LogP contribution < -0.4 is 5.32 Å². The largest absolute Gasteiger partial charge is 0.478 e. The van der Waals surface area contributed by atoms with E-state index in [1.54, 1.807) is 25.1 Å². The van der Waals surface area contributed by atoms with Crippen molar-refractivity contribution in [3.63, 3.8) is 0 Å². The predicted molar refractivity (Wildman–Crippen MR) is 82.3 cm³/mol. The summed E-state index contributed by atoms with van der Waals surface area (Å²) in [6, 6.07) is 6.96. The van der Waals surface area contributed by atoms with Gasteiger partial charge in [0.15, 0.2) is 0 Å². The number of carbonyl (C=O) groups is 1. The first-order chi connectivity index (χ1) is 9.97. The maximum atomic E-state index is 10.9. The Balaban J connectivity index is 1.84. The molecule has 0 saturated carbocycles. The van der Waals surface area contributed by atoms with E-state index in [4.69, 9.17) is 32.7 Å². The van der Waals surface area contributed by atoms with Crippen LogP contribution in [-0.4, -0.2) is 17.6 Å². The van der Waals surface area contributed by atoms with Crippen LogP contribution in [0.15, 0.2) is 28.7 Å². The van der Waals surface area contributed by atoms with E-state index in [-0.39, 0.29) is 5.56 Å². The van der Waals surface area contributed by atoms with Gasteiger partial charge in [-0.2, -0.15) is 0 Å². The lowest BCUT2D eigenvalue weighted by molar-refractivity contribution is 0.0695. The summed E-state index contributed by atoms with van der Waals surface area (Å²) in [5.74, 6) is 0.0441. The van der Waals surface area contributed by atoms with Gasteiger partial charge in [-0.25, -0.2) is 4.79 Å². The highest BCUT2D eigenvalue weighted by atomic mass is 35.5. The quantitative estimate of drug-likeness (QED) is 0.789. The van der Waals surface area contributed by atoms with E-state index in [1.165, 1.54) is 0 Å². The third-order valence-corrected chi connectivity index (χ3v) is 3.67. The van der Waals surface area contributed by atoms with Crippen LogP contribution in [0.4, 0.5) is 0 Å². The predicted octanol–water partition coefficient (Wildman–Crippen LogP) is 3.93. The molecule has 0 radical (unpaired) electrons. The van der Waals surface area contributed by atoms with Gasteiger partial charge in [-0.15, -0.1) is 0 Å². The Bertz CT molecular complexity index is 652. The first kappa shape index (κ1) is 15.9. The summed E-state index contributed by atoms with van der Waals surface area (Å²) in [5, 5.41) is 13.4. The highest BCUT2D eigenvalue weighted by Gasteiger charge is 2.13. The van der Waals surface area contributed by atoms with Crippen LogP contribution in [0.1, 0.15) is 27.4 Å². The molecule has 2 N–H and O–H groups in total. The zero-order valence-corrected chi connectivity index (χ0v) is 13.0. The van der Waals surface area contributed by atoms with Crippen molar-refractivity contribution in [3.8, 4) is 0 Å². The van der Waals surface area contributed by atoms with Crippen molar-refractivity contribution in [1.29, 1.82) is 0 Å². The van der Waals surface area contributed by atoms with Crippen molar-refractivity contribution in [2.24, 2.45) is 0 Å². The molecular weight excluding hydrogens is 313 g/mol. The average Bonchev–Trinajstić information content (AvgIpc) is 2.78. The second-order valence-electron chi connectivity index (χ2n) is 4.65. The van der Waals surface area contributed by atoms with Crippen molar-refractivity contribution >= 4 is 29.2 Å². The molecule has 112 valence electrons. The number of aromatic carboxylic acids is 1. The van der Waals surface area contributed by atoms with E-state index >= 15 is 0 Å². The number of nitrogens with one attached hydrogen (secondary N) is 1. The number of halogens is 2. The molecule has 2 rings (SSSR count). The molecule has 0 aliphatic carbocycles. The minimum absolute atomic E-state index is 0.201. The first-order valence-electron chi connectivity index (χ1n) is 6.44. The minimum atomic E-state index is -0.976. The average molecular weight is 328 g/mol. The lowest BCUT2D eigenvalue weighted by Crippen LogP contribution is -2.16. The van der Waals surface area contributed by atoms with Crippen LogP contribution in [0.2, 0.25) is 10.0 Å². The Hall–Kier alpha value is -1.49. The topological polar surface area (TPSA) is 62.5 Å². The molecule has 0 atom stereocenters. The Morgan fingerprint density at radius 3 is 2.71 bits per heavy atom. The monoisotopic (exact) mass is 327 g/mol. The number of hydrogen-bond acceptors (Lipinski definition) is 3. The van der Waals surface area contributed by atoms with Crippen molar-refractivity contribution in [2.45, 2.75) is 19.9 Å². The fourth-order valence-electron chi connectivity index (χ4n) is 2.00. The Kier molecular flexibility index (Phi) is 5.28. The molecule has 2 aromatic rings. The maximum Gasteiger partial charge on any atom is 0.339 e. The van der Waals surface area contributed by atoms with E-state index in [9.17, 15) is 4.79 Å².